The van der Waals surface area contributed by atoms with E-state index < -0.39 is 5.97 Å². The molecule has 0 saturated carbocycles. The van der Waals surface area contributed by atoms with Crippen LogP contribution in [0.3, 0.4) is 0 Å². The molecule has 0 aromatic rings. The van der Waals surface area contributed by atoms with Gasteiger partial charge in [0.25, 0.3) is 0 Å². The van der Waals surface area contributed by atoms with Crippen LogP contribution in [0.4, 0.5) is 0 Å². The number of hydrogen-bond donors (Lipinski definition) is 1. The molecule has 0 aliphatic heterocycles. The van der Waals surface area contributed by atoms with Crippen molar-refractivity contribution >= 4 is 5.97 Å². The lowest BCUT2D eigenvalue weighted by atomic mass is 9.91. The molecule has 3 heteroatoms. The van der Waals surface area contributed by atoms with E-state index in [1.54, 1.807) is 0 Å². The number of rotatable bonds is 6. The second-order valence-electron chi connectivity index (χ2n) is 3.55. The van der Waals surface area contributed by atoms with E-state index in [0.717, 1.165) is 12.8 Å². The fourth-order valence-corrected chi connectivity index (χ4v) is 1.49. The average molecular weight is 183 g/mol. The summed E-state index contributed by atoms with van der Waals surface area (Å²) in [7, 11) is 0. The van der Waals surface area contributed by atoms with Crippen molar-refractivity contribution in [1.29, 1.82) is 5.26 Å². The van der Waals surface area contributed by atoms with Crippen molar-refractivity contribution in [2.45, 2.75) is 39.5 Å². The normalized spacial score (nSPS) is 14.5. The van der Waals surface area contributed by atoms with Crippen molar-refractivity contribution in [2.24, 2.45) is 11.8 Å². The second-order valence-corrected chi connectivity index (χ2v) is 3.55. The van der Waals surface area contributed by atoms with Gasteiger partial charge in [-0.1, -0.05) is 26.7 Å². The molecule has 0 bridgehead atoms. The van der Waals surface area contributed by atoms with Crippen molar-refractivity contribution in [1.82, 2.24) is 0 Å². The summed E-state index contributed by atoms with van der Waals surface area (Å²) < 4.78 is 0. The molecular weight excluding hydrogens is 166 g/mol. The molecule has 0 aliphatic rings. The van der Waals surface area contributed by atoms with E-state index in [1.165, 1.54) is 0 Å². The molecule has 0 heterocycles. The topological polar surface area (TPSA) is 61.1 Å². The summed E-state index contributed by atoms with van der Waals surface area (Å²) in [5.41, 5.74) is 0. The Hall–Kier alpha value is -1.04. The Morgan fingerprint density at radius 2 is 2.23 bits per heavy atom. The third-order valence-electron chi connectivity index (χ3n) is 2.07. The van der Waals surface area contributed by atoms with Crippen LogP contribution in [0.2, 0.25) is 0 Å². The van der Waals surface area contributed by atoms with Gasteiger partial charge >= 0.3 is 5.97 Å². The Morgan fingerprint density at radius 1 is 1.62 bits per heavy atom. The SMILES string of the molecule is CCC[C@H](C)C[C@H](C#N)CC(=O)O. The third-order valence-corrected chi connectivity index (χ3v) is 2.07. The number of carbonyl (C=O) groups is 1. The molecule has 0 spiro atoms. The van der Waals surface area contributed by atoms with Crippen LogP contribution in [0.5, 0.6) is 0 Å². The van der Waals surface area contributed by atoms with Crippen LogP contribution < -0.4 is 0 Å². The van der Waals surface area contributed by atoms with E-state index >= 15 is 0 Å². The van der Waals surface area contributed by atoms with E-state index in [2.05, 4.69) is 13.8 Å². The van der Waals surface area contributed by atoms with Crippen LogP contribution in [0.25, 0.3) is 0 Å². The molecule has 2 atom stereocenters. The van der Waals surface area contributed by atoms with Gasteiger partial charge in [0.15, 0.2) is 0 Å². The summed E-state index contributed by atoms with van der Waals surface area (Å²) in [5.74, 6) is -0.747. The van der Waals surface area contributed by atoms with Crippen molar-refractivity contribution in [3.8, 4) is 6.07 Å². The van der Waals surface area contributed by atoms with Gasteiger partial charge < -0.3 is 5.11 Å². The van der Waals surface area contributed by atoms with Gasteiger partial charge in [-0.2, -0.15) is 5.26 Å². The smallest absolute Gasteiger partial charge is 0.304 e. The first-order valence-electron chi connectivity index (χ1n) is 4.71. The van der Waals surface area contributed by atoms with Crippen molar-refractivity contribution < 1.29 is 9.90 Å². The van der Waals surface area contributed by atoms with E-state index in [4.69, 9.17) is 10.4 Å². The minimum Gasteiger partial charge on any atom is -0.481 e. The Kier molecular flexibility index (Phi) is 5.96. The highest BCUT2D eigenvalue weighted by Gasteiger charge is 2.15. The van der Waals surface area contributed by atoms with Crippen molar-refractivity contribution in [3.05, 3.63) is 0 Å². The summed E-state index contributed by atoms with van der Waals surface area (Å²) in [6.45, 7) is 4.16. The number of hydrogen-bond acceptors (Lipinski definition) is 2. The van der Waals surface area contributed by atoms with Gasteiger partial charge in [0.1, 0.15) is 0 Å². The largest absolute Gasteiger partial charge is 0.481 e. The van der Waals surface area contributed by atoms with E-state index in [1.807, 2.05) is 6.07 Å². The van der Waals surface area contributed by atoms with Gasteiger partial charge in [0.05, 0.1) is 18.4 Å². The molecular formula is C10H17NO2. The summed E-state index contributed by atoms with van der Waals surface area (Å²) >= 11 is 0. The molecule has 0 radical (unpaired) electrons. The number of nitriles is 1. The fraction of sp³-hybridized carbons (Fsp3) is 0.800. The number of nitrogens with zero attached hydrogens (tertiary/aromatic N) is 1. The lowest BCUT2D eigenvalue weighted by Crippen LogP contribution is -2.09. The minimum absolute atomic E-state index is 0.0233. The Bertz CT molecular complexity index is 196. The quantitative estimate of drug-likeness (QED) is 0.687. The maximum atomic E-state index is 10.4. The number of carboxylic acid groups (broad SMARTS) is 1. The molecule has 0 saturated heterocycles. The summed E-state index contributed by atoms with van der Waals surface area (Å²) in [5, 5.41) is 17.2. The first-order valence-corrected chi connectivity index (χ1v) is 4.71. The maximum absolute atomic E-state index is 10.4. The summed E-state index contributed by atoms with van der Waals surface area (Å²) in [4.78, 5) is 10.4. The highest BCUT2D eigenvalue weighted by Crippen LogP contribution is 2.18. The molecule has 0 rings (SSSR count). The molecule has 3 nitrogen and oxygen atoms in total. The van der Waals surface area contributed by atoms with Gasteiger partial charge in [0.2, 0.25) is 0 Å². The molecule has 13 heavy (non-hydrogen) atoms. The number of aliphatic carboxylic acids is 1. The molecule has 0 aromatic heterocycles. The Balaban J connectivity index is 3.84. The van der Waals surface area contributed by atoms with Gasteiger partial charge in [-0.25, -0.2) is 0 Å². The predicted molar refractivity (Wildman–Crippen MR) is 50.0 cm³/mol. The average Bonchev–Trinajstić information content (AvgIpc) is 2.02. The molecule has 0 aromatic carbocycles. The molecule has 74 valence electrons. The molecule has 0 unspecified atom stereocenters. The summed E-state index contributed by atoms with van der Waals surface area (Å²) in [6, 6.07) is 2.04. The van der Waals surface area contributed by atoms with Crippen LogP contribution in [0, 0.1) is 23.2 Å². The first-order chi connectivity index (χ1) is 6.10. The first kappa shape index (κ1) is 12.0. The molecule has 0 aliphatic carbocycles. The monoisotopic (exact) mass is 183 g/mol. The molecule has 1 N–H and O–H groups in total. The molecule has 0 amide bonds. The predicted octanol–water partition coefficient (Wildman–Crippen LogP) is 2.43. The van der Waals surface area contributed by atoms with Crippen molar-refractivity contribution in [3.63, 3.8) is 0 Å². The zero-order valence-corrected chi connectivity index (χ0v) is 8.29. The van der Waals surface area contributed by atoms with Gasteiger partial charge in [0, 0.05) is 0 Å². The highest BCUT2D eigenvalue weighted by molar-refractivity contribution is 5.67. The maximum Gasteiger partial charge on any atom is 0.304 e. The highest BCUT2D eigenvalue weighted by atomic mass is 16.4. The fourth-order valence-electron chi connectivity index (χ4n) is 1.49. The van der Waals surface area contributed by atoms with Crippen LogP contribution in [0.1, 0.15) is 39.5 Å². The van der Waals surface area contributed by atoms with Gasteiger partial charge in [-0.05, 0) is 12.3 Å². The van der Waals surface area contributed by atoms with Gasteiger partial charge in [-0.15, -0.1) is 0 Å². The summed E-state index contributed by atoms with van der Waals surface area (Å²) in [6.07, 6.45) is 2.84. The number of carboxylic acids is 1. The van der Waals surface area contributed by atoms with E-state index in [-0.39, 0.29) is 12.3 Å². The van der Waals surface area contributed by atoms with Crippen LogP contribution in [-0.2, 0) is 4.79 Å². The zero-order chi connectivity index (χ0) is 10.3. The van der Waals surface area contributed by atoms with Gasteiger partial charge in [-0.3, -0.25) is 4.79 Å². The molecule has 0 fully saturated rings. The lowest BCUT2D eigenvalue weighted by molar-refractivity contribution is -0.137. The second kappa shape index (κ2) is 6.47. The van der Waals surface area contributed by atoms with Crippen LogP contribution in [-0.4, -0.2) is 11.1 Å². The van der Waals surface area contributed by atoms with Crippen LogP contribution in [0.15, 0.2) is 0 Å². The van der Waals surface area contributed by atoms with E-state index in [9.17, 15) is 4.79 Å². The van der Waals surface area contributed by atoms with E-state index in [0.29, 0.717) is 12.3 Å². The van der Waals surface area contributed by atoms with Crippen molar-refractivity contribution in [2.75, 3.05) is 0 Å². The zero-order valence-electron chi connectivity index (χ0n) is 8.29. The minimum atomic E-state index is -0.879. The third kappa shape index (κ3) is 6.15. The standard InChI is InChI=1S/C10H17NO2/c1-3-4-8(2)5-9(7-11)6-10(12)13/h8-9H,3-6H2,1-2H3,(H,12,13)/t8-,9-/m0/s1. The Morgan fingerprint density at radius 3 is 2.62 bits per heavy atom. The van der Waals surface area contributed by atoms with Crippen LogP contribution >= 0.6 is 0 Å². The lowest BCUT2D eigenvalue weighted by Gasteiger charge is -2.12. The Labute approximate surface area is 79.4 Å².